The molecule has 21 heavy (non-hydrogen) atoms. The number of halogens is 2. The first kappa shape index (κ1) is 15.2. The van der Waals surface area contributed by atoms with E-state index in [1.807, 2.05) is 25.1 Å². The molecule has 0 aliphatic heterocycles. The highest BCUT2D eigenvalue weighted by Crippen LogP contribution is 2.35. The Bertz CT molecular complexity index is 633. The summed E-state index contributed by atoms with van der Waals surface area (Å²) in [6, 6.07) is 5.91. The Balaban J connectivity index is 2.04. The van der Waals surface area contributed by atoms with Crippen molar-refractivity contribution in [3.05, 3.63) is 29.0 Å². The van der Waals surface area contributed by atoms with Gasteiger partial charge in [0.2, 0.25) is 0 Å². The van der Waals surface area contributed by atoms with E-state index < -0.39 is 0 Å². The van der Waals surface area contributed by atoms with Gasteiger partial charge >= 0.3 is 0 Å². The van der Waals surface area contributed by atoms with Gasteiger partial charge in [-0.05, 0) is 37.3 Å². The van der Waals surface area contributed by atoms with Crippen molar-refractivity contribution in [3.63, 3.8) is 0 Å². The third-order valence-corrected chi connectivity index (χ3v) is 5.31. The van der Waals surface area contributed by atoms with Gasteiger partial charge in [-0.25, -0.2) is 4.98 Å². The molecule has 0 bridgehead atoms. The van der Waals surface area contributed by atoms with E-state index in [4.69, 9.17) is 28.2 Å². The standard InChI is InChI=1S/C17H22Cl2N2/c1-11-6-3-4-7-13(11)10-21-16-14(19)8-5-9-15(16)20-17(21)12(2)18/h5,8-9,11-13H,3-4,6-7,10H2,1-2H3. The van der Waals surface area contributed by atoms with E-state index in [1.165, 1.54) is 25.7 Å². The number of alkyl halides is 1. The van der Waals surface area contributed by atoms with Gasteiger partial charge in [-0.1, -0.05) is 43.9 Å². The van der Waals surface area contributed by atoms with E-state index >= 15 is 0 Å². The number of para-hydroxylation sites is 1. The van der Waals surface area contributed by atoms with Crippen LogP contribution in [-0.4, -0.2) is 9.55 Å². The molecular formula is C17H22Cl2N2. The van der Waals surface area contributed by atoms with Crippen molar-refractivity contribution in [1.82, 2.24) is 9.55 Å². The first-order valence-electron chi connectivity index (χ1n) is 7.86. The lowest BCUT2D eigenvalue weighted by molar-refractivity contribution is 0.228. The van der Waals surface area contributed by atoms with Gasteiger partial charge in [0, 0.05) is 6.54 Å². The Morgan fingerprint density at radius 3 is 2.81 bits per heavy atom. The van der Waals surface area contributed by atoms with Gasteiger partial charge in [-0.15, -0.1) is 11.6 Å². The summed E-state index contributed by atoms with van der Waals surface area (Å²) in [6.45, 7) is 5.33. The molecule has 1 aliphatic rings. The Hall–Kier alpha value is -0.730. The van der Waals surface area contributed by atoms with Crippen molar-refractivity contribution in [2.24, 2.45) is 11.8 Å². The zero-order valence-corrected chi connectivity index (χ0v) is 14.2. The highest BCUT2D eigenvalue weighted by molar-refractivity contribution is 6.35. The van der Waals surface area contributed by atoms with Crippen molar-refractivity contribution >= 4 is 34.2 Å². The maximum atomic E-state index is 6.43. The Labute approximate surface area is 136 Å². The van der Waals surface area contributed by atoms with Crippen LogP contribution in [0.5, 0.6) is 0 Å². The third kappa shape index (κ3) is 2.93. The molecule has 0 amide bonds. The largest absolute Gasteiger partial charge is 0.325 e. The molecule has 3 rings (SSSR count). The van der Waals surface area contributed by atoms with E-state index in [0.29, 0.717) is 5.92 Å². The van der Waals surface area contributed by atoms with E-state index in [-0.39, 0.29) is 5.38 Å². The predicted octanol–water partition coefficient (Wildman–Crippen LogP) is 5.82. The number of rotatable bonds is 3. The van der Waals surface area contributed by atoms with Gasteiger partial charge in [0.25, 0.3) is 0 Å². The zero-order chi connectivity index (χ0) is 15.0. The number of imidazole rings is 1. The normalized spacial score (nSPS) is 24.4. The summed E-state index contributed by atoms with van der Waals surface area (Å²) in [6.07, 6.45) is 5.32. The van der Waals surface area contributed by atoms with Crippen molar-refractivity contribution in [2.75, 3.05) is 0 Å². The van der Waals surface area contributed by atoms with Crippen molar-refractivity contribution < 1.29 is 0 Å². The van der Waals surface area contributed by atoms with Crippen LogP contribution >= 0.6 is 23.2 Å². The number of aromatic nitrogens is 2. The minimum absolute atomic E-state index is 0.104. The summed E-state index contributed by atoms with van der Waals surface area (Å²) in [7, 11) is 0. The lowest BCUT2D eigenvalue weighted by Crippen LogP contribution is -2.23. The van der Waals surface area contributed by atoms with Gasteiger partial charge in [-0.3, -0.25) is 0 Å². The van der Waals surface area contributed by atoms with Gasteiger partial charge in [-0.2, -0.15) is 0 Å². The third-order valence-electron chi connectivity index (χ3n) is 4.81. The molecule has 3 unspecified atom stereocenters. The van der Waals surface area contributed by atoms with Crippen LogP contribution in [0.3, 0.4) is 0 Å². The minimum atomic E-state index is -0.104. The molecule has 0 spiro atoms. The maximum Gasteiger partial charge on any atom is 0.127 e. The molecule has 114 valence electrons. The molecule has 0 radical (unpaired) electrons. The number of nitrogens with zero attached hydrogens (tertiary/aromatic N) is 2. The van der Waals surface area contributed by atoms with Crippen LogP contribution in [0.2, 0.25) is 5.02 Å². The number of fused-ring (bicyclic) bond motifs is 1. The van der Waals surface area contributed by atoms with Crippen molar-refractivity contribution in [2.45, 2.75) is 51.5 Å². The molecule has 1 aromatic heterocycles. The molecule has 3 atom stereocenters. The molecule has 2 nitrogen and oxygen atoms in total. The number of benzene rings is 1. The second-order valence-electron chi connectivity index (χ2n) is 6.33. The average molecular weight is 325 g/mol. The van der Waals surface area contributed by atoms with Gasteiger partial charge in [0.05, 0.1) is 21.4 Å². The Morgan fingerprint density at radius 1 is 1.33 bits per heavy atom. The average Bonchev–Trinajstić information content (AvgIpc) is 2.82. The van der Waals surface area contributed by atoms with E-state index in [0.717, 1.165) is 34.3 Å². The number of hydrogen-bond donors (Lipinski definition) is 0. The molecule has 0 saturated heterocycles. The Kier molecular flexibility index (Phi) is 4.46. The quantitative estimate of drug-likeness (QED) is 0.651. The highest BCUT2D eigenvalue weighted by atomic mass is 35.5. The molecule has 1 saturated carbocycles. The Morgan fingerprint density at radius 2 is 2.10 bits per heavy atom. The summed E-state index contributed by atoms with van der Waals surface area (Å²) in [5.74, 6) is 2.40. The smallest absolute Gasteiger partial charge is 0.127 e. The zero-order valence-electron chi connectivity index (χ0n) is 12.6. The van der Waals surface area contributed by atoms with Gasteiger partial charge < -0.3 is 4.57 Å². The fraction of sp³-hybridized carbons (Fsp3) is 0.588. The second-order valence-corrected chi connectivity index (χ2v) is 7.39. The fourth-order valence-corrected chi connectivity index (χ4v) is 3.99. The second kappa shape index (κ2) is 6.18. The monoisotopic (exact) mass is 324 g/mol. The molecule has 1 aliphatic carbocycles. The molecule has 2 aromatic rings. The maximum absolute atomic E-state index is 6.43. The first-order valence-corrected chi connectivity index (χ1v) is 8.68. The lowest BCUT2D eigenvalue weighted by Gasteiger charge is -2.30. The molecule has 1 aromatic carbocycles. The van der Waals surface area contributed by atoms with Crippen LogP contribution < -0.4 is 0 Å². The molecular weight excluding hydrogens is 303 g/mol. The highest BCUT2D eigenvalue weighted by Gasteiger charge is 2.25. The first-order chi connectivity index (χ1) is 10.1. The summed E-state index contributed by atoms with van der Waals surface area (Å²) in [5.41, 5.74) is 1.99. The summed E-state index contributed by atoms with van der Waals surface area (Å²) >= 11 is 12.8. The van der Waals surface area contributed by atoms with E-state index in [2.05, 4.69) is 11.5 Å². The van der Waals surface area contributed by atoms with Crippen LogP contribution in [-0.2, 0) is 6.54 Å². The van der Waals surface area contributed by atoms with Crippen LogP contribution in [0, 0.1) is 11.8 Å². The number of hydrogen-bond acceptors (Lipinski definition) is 1. The van der Waals surface area contributed by atoms with Gasteiger partial charge in [0.15, 0.2) is 0 Å². The van der Waals surface area contributed by atoms with Gasteiger partial charge in [0.1, 0.15) is 5.82 Å². The van der Waals surface area contributed by atoms with Crippen LogP contribution in [0.25, 0.3) is 11.0 Å². The van der Waals surface area contributed by atoms with Crippen LogP contribution in [0.15, 0.2) is 18.2 Å². The summed E-state index contributed by atoms with van der Waals surface area (Å²) in [5, 5.41) is 0.666. The summed E-state index contributed by atoms with van der Waals surface area (Å²) < 4.78 is 2.27. The molecule has 1 heterocycles. The molecule has 4 heteroatoms. The molecule has 0 N–H and O–H groups in total. The fourth-order valence-electron chi connectivity index (χ4n) is 3.55. The van der Waals surface area contributed by atoms with E-state index in [1.54, 1.807) is 0 Å². The molecule has 1 fully saturated rings. The minimum Gasteiger partial charge on any atom is -0.325 e. The van der Waals surface area contributed by atoms with E-state index in [9.17, 15) is 0 Å². The topological polar surface area (TPSA) is 17.8 Å². The van der Waals surface area contributed by atoms with Crippen molar-refractivity contribution in [1.29, 1.82) is 0 Å². The van der Waals surface area contributed by atoms with Crippen LogP contribution in [0.1, 0.15) is 50.7 Å². The predicted molar refractivity (Wildman–Crippen MR) is 90.1 cm³/mol. The summed E-state index contributed by atoms with van der Waals surface area (Å²) in [4.78, 5) is 4.71. The SMILES string of the molecule is CC(Cl)c1nc2cccc(Cl)c2n1CC1CCCCC1C. The lowest BCUT2D eigenvalue weighted by atomic mass is 9.80. The van der Waals surface area contributed by atoms with Crippen LogP contribution in [0.4, 0.5) is 0 Å². The van der Waals surface area contributed by atoms with Crippen molar-refractivity contribution in [3.8, 4) is 0 Å².